The number of fused-ring (bicyclic) bond motifs is 1. The highest BCUT2D eigenvalue weighted by atomic mass is 16.5. The Kier molecular flexibility index (Phi) is 5.64. The molecule has 4 rings (SSSR count). The predicted molar refractivity (Wildman–Crippen MR) is 112 cm³/mol. The highest BCUT2D eigenvalue weighted by Gasteiger charge is 2.33. The number of anilines is 1. The molecule has 2 aliphatic heterocycles. The largest absolute Gasteiger partial charge is 0.497 e. The second-order valence-electron chi connectivity index (χ2n) is 7.79. The minimum Gasteiger partial charge on any atom is -0.497 e. The average molecular weight is 380 g/mol. The summed E-state index contributed by atoms with van der Waals surface area (Å²) in [6, 6.07) is 17.2. The topological polar surface area (TPSA) is 53.6 Å². The summed E-state index contributed by atoms with van der Waals surface area (Å²) >= 11 is 0. The molecule has 1 amide bonds. The Morgan fingerprint density at radius 1 is 1.21 bits per heavy atom. The third-order valence-electron chi connectivity index (χ3n) is 6.04. The molecule has 28 heavy (non-hydrogen) atoms. The molecule has 0 radical (unpaired) electrons. The minimum atomic E-state index is -0.0377. The number of nitrogens with zero attached hydrogens (tertiary/aromatic N) is 1. The highest BCUT2D eigenvalue weighted by molar-refractivity contribution is 5.98. The quantitative estimate of drug-likeness (QED) is 0.839. The van der Waals surface area contributed by atoms with Gasteiger partial charge in [-0.3, -0.25) is 4.79 Å². The summed E-state index contributed by atoms with van der Waals surface area (Å²) < 4.78 is 5.31. The summed E-state index contributed by atoms with van der Waals surface area (Å²) in [5.74, 6) is 0.923. The lowest BCUT2D eigenvalue weighted by molar-refractivity contribution is -0.122. The van der Waals surface area contributed by atoms with Gasteiger partial charge in [0.2, 0.25) is 5.91 Å². The van der Waals surface area contributed by atoms with Gasteiger partial charge in [0.25, 0.3) is 0 Å². The molecule has 148 valence electrons. The summed E-state index contributed by atoms with van der Waals surface area (Å²) in [4.78, 5) is 14.7. The Morgan fingerprint density at radius 2 is 2.04 bits per heavy atom. The molecule has 2 N–H and O–H groups in total. The number of ether oxygens (including phenoxy) is 1. The number of hydrogen-bond donors (Lipinski definition) is 2. The van der Waals surface area contributed by atoms with E-state index in [1.807, 2.05) is 19.2 Å². The number of methoxy groups -OCH3 is 1. The van der Waals surface area contributed by atoms with Crippen LogP contribution in [-0.4, -0.2) is 39.2 Å². The first-order chi connectivity index (χ1) is 13.7. The number of nitrogens with one attached hydrogen (secondary N) is 2. The molecule has 2 heterocycles. The Morgan fingerprint density at radius 3 is 2.82 bits per heavy atom. The Bertz CT molecular complexity index is 824. The predicted octanol–water partition coefficient (Wildman–Crippen LogP) is 2.91. The van der Waals surface area contributed by atoms with Gasteiger partial charge in [0, 0.05) is 31.7 Å². The lowest BCUT2D eigenvalue weighted by Gasteiger charge is -2.36. The van der Waals surface area contributed by atoms with Gasteiger partial charge >= 0.3 is 0 Å². The Labute approximate surface area is 167 Å². The monoisotopic (exact) mass is 379 g/mol. The van der Waals surface area contributed by atoms with Crippen molar-refractivity contribution in [2.24, 2.45) is 5.92 Å². The number of piperidine rings is 1. The van der Waals surface area contributed by atoms with E-state index in [2.05, 4.69) is 47.0 Å². The molecule has 0 aromatic heterocycles. The maximum Gasteiger partial charge on any atom is 0.231 e. The minimum absolute atomic E-state index is 0.0377. The standard InChI is InChI=1S/C23H29N3O2/c1-26-21-14-19(28-2)11-10-17(21)13-18(23(26)27)15-25-20-9-6-12-24-22(20)16-7-4-3-5-8-16/h3-5,7-8,10-11,14,18,20,22,24-25H,6,9,12-13,15H2,1-2H3/t18?,20-,22-/m0/s1. The molecule has 2 aromatic rings. The Hall–Kier alpha value is -2.37. The lowest BCUT2D eigenvalue weighted by Crippen LogP contribution is -2.50. The third-order valence-corrected chi connectivity index (χ3v) is 6.04. The molecule has 1 fully saturated rings. The number of benzene rings is 2. The van der Waals surface area contributed by atoms with Gasteiger partial charge in [-0.2, -0.15) is 0 Å². The van der Waals surface area contributed by atoms with Crippen molar-refractivity contribution < 1.29 is 9.53 Å². The van der Waals surface area contributed by atoms with Gasteiger partial charge < -0.3 is 20.3 Å². The van der Waals surface area contributed by atoms with Crippen LogP contribution >= 0.6 is 0 Å². The number of rotatable bonds is 5. The molecule has 5 heteroatoms. The van der Waals surface area contributed by atoms with Gasteiger partial charge in [0.1, 0.15) is 5.75 Å². The van der Waals surface area contributed by atoms with Crippen molar-refractivity contribution in [2.45, 2.75) is 31.3 Å². The van der Waals surface area contributed by atoms with Crippen molar-refractivity contribution in [3.63, 3.8) is 0 Å². The van der Waals surface area contributed by atoms with E-state index in [0.717, 1.165) is 37.2 Å². The first kappa shape index (κ1) is 19.0. The normalized spacial score (nSPS) is 24.7. The van der Waals surface area contributed by atoms with E-state index >= 15 is 0 Å². The maximum atomic E-state index is 12.9. The molecule has 0 aliphatic carbocycles. The van der Waals surface area contributed by atoms with E-state index in [4.69, 9.17) is 4.74 Å². The van der Waals surface area contributed by atoms with E-state index in [0.29, 0.717) is 18.6 Å². The van der Waals surface area contributed by atoms with Crippen molar-refractivity contribution >= 4 is 11.6 Å². The van der Waals surface area contributed by atoms with Crippen molar-refractivity contribution in [3.8, 4) is 5.75 Å². The van der Waals surface area contributed by atoms with Gasteiger partial charge in [-0.1, -0.05) is 36.4 Å². The molecule has 5 nitrogen and oxygen atoms in total. The second-order valence-corrected chi connectivity index (χ2v) is 7.79. The van der Waals surface area contributed by atoms with Crippen LogP contribution in [0.25, 0.3) is 0 Å². The fourth-order valence-corrected chi connectivity index (χ4v) is 4.47. The van der Waals surface area contributed by atoms with Crippen LogP contribution in [0, 0.1) is 5.92 Å². The van der Waals surface area contributed by atoms with E-state index in [1.54, 1.807) is 12.0 Å². The van der Waals surface area contributed by atoms with Gasteiger partial charge in [0.05, 0.1) is 18.7 Å². The van der Waals surface area contributed by atoms with Crippen LogP contribution in [-0.2, 0) is 11.2 Å². The van der Waals surface area contributed by atoms with Gasteiger partial charge in [0.15, 0.2) is 0 Å². The molecule has 2 aromatic carbocycles. The summed E-state index contributed by atoms with van der Waals surface area (Å²) in [6.07, 6.45) is 3.05. The lowest BCUT2D eigenvalue weighted by atomic mass is 9.89. The van der Waals surface area contributed by atoms with Crippen LogP contribution in [0.5, 0.6) is 5.75 Å². The maximum absolute atomic E-state index is 12.9. The summed E-state index contributed by atoms with van der Waals surface area (Å²) in [6.45, 7) is 1.74. The summed E-state index contributed by atoms with van der Waals surface area (Å²) in [5.41, 5.74) is 3.47. The van der Waals surface area contributed by atoms with Crippen LogP contribution < -0.4 is 20.3 Å². The molecule has 0 saturated carbocycles. The zero-order valence-corrected chi connectivity index (χ0v) is 16.7. The van der Waals surface area contributed by atoms with Gasteiger partial charge in [-0.25, -0.2) is 0 Å². The fourth-order valence-electron chi connectivity index (χ4n) is 4.47. The molecule has 2 aliphatic rings. The number of carbonyl (C=O) groups excluding carboxylic acids is 1. The van der Waals surface area contributed by atoms with Crippen molar-refractivity contribution in [3.05, 3.63) is 59.7 Å². The molecule has 1 unspecified atom stereocenters. The first-order valence-electron chi connectivity index (χ1n) is 10.1. The molecule has 0 bridgehead atoms. The third kappa shape index (κ3) is 3.77. The second kappa shape index (κ2) is 8.33. The SMILES string of the molecule is COc1ccc2c(c1)N(C)C(=O)C(CN[C@H]1CCCN[C@H]1c1ccccc1)C2. The summed E-state index contributed by atoms with van der Waals surface area (Å²) in [7, 11) is 3.52. The highest BCUT2D eigenvalue weighted by Crippen LogP contribution is 2.33. The fraction of sp³-hybridized carbons (Fsp3) is 0.435. The molecular weight excluding hydrogens is 350 g/mol. The van der Waals surface area contributed by atoms with E-state index in [9.17, 15) is 4.79 Å². The average Bonchev–Trinajstić information content (AvgIpc) is 2.76. The van der Waals surface area contributed by atoms with E-state index in [-0.39, 0.29) is 11.8 Å². The zero-order chi connectivity index (χ0) is 19.5. The molecule has 0 spiro atoms. The number of amides is 1. The van der Waals surface area contributed by atoms with Crippen LogP contribution in [0.4, 0.5) is 5.69 Å². The molecular formula is C23H29N3O2. The first-order valence-corrected chi connectivity index (χ1v) is 10.1. The summed E-state index contributed by atoms with van der Waals surface area (Å²) in [5, 5.41) is 7.36. The van der Waals surface area contributed by atoms with E-state index in [1.165, 1.54) is 11.1 Å². The molecule has 3 atom stereocenters. The molecule has 1 saturated heterocycles. The number of hydrogen-bond acceptors (Lipinski definition) is 4. The Balaban J connectivity index is 1.46. The van der Waals surface area contributed by atoms with Crippen LogP contribution in [0.1, 0.15) is 30.0 Å². The van der Waals surface area contributed by atoms with Crippen molar-refractivity contribution in [1.29, 1.82) is 0 Å². The van der Waals surface area contributed by atoms with Crippen molar-refractivity contribution in [1.82, 2.24) is 10.6 Å². The zero-order valence-electron chi connectivity index (χ0n) is 16.7. The number of carbonyl (C=O) groups is 1. The van der Waals surface area contributed by atoms with E-state index < -0.39 is 0 Å². The van der Waals surface area contributed by atoms with Crippen LogP contribution in [0.2, 0.25) is 0 Å². The van der Waals surface area contributed by atoms with Crippen molar-refractivity contribution in [2.75, 3.05) is 32.1 Å². The van der Waals surface area contributed by atoms with Crippen LogP contribution in [0.15, 0.2) is 48.5 Å². The van der Waals surface area contributed by atoms with Gasteiger partial charge in [-0.15, -0.1) is 0 Å². The van der Waals surface area contributed by atoms with Crippen LogP contribution in [0.3, 0.4) is 0 Å². The van der Waals surface area contributed by atoms with Gasteiger partial charge in [-0.05, 0) is 43.0 Å². The smallest absolute Gasteiger partial charge is 0.231 e.